The maximum atomic E-state index is 12.8. The molecular weight excluding hydrogens is 441 g/mol. The zero-order valence-corrected chi connectivity index (χ0v) is 16.9. The first kappa shape index (κ1) is 22.1. The summed E-state index contributed by atoms with van der Waals surface area (Å²) < 4.78 is 72.1. The Bertz CT molecular complexity index is 1190. The Morgan fingerprint density at radius 1 is 1.19 bits per heavy atom. The van der Waals surface area contributed by atoms with Gasteiger partial charge >= 0.3 is 6.18 Å². The third-order valence-electron chi connectivity index (χ3n) is 4.00. The summed E-state index contributed by atoms with van der Waals surface area (Å²) in [5.74, 6) is 5.65. The molecule has 5 N–H and O–H groups in total. The Morgan fingerprint density at radius 2 is 1.90 bits per heavy atom. The van der Waals surface area contributed by atoms with Gasteiger partial charge in [0, 0.05) is 19.4 Å². The molecule has 0 aromatic carbocycles. The summed E-state index contributed by atoms with van der Waals surface area (Å²) in [4.78, 5) is 7.51. The van der Waals surface area contributed by atoms with Crippen LogP contribution < -0.4 is 26.0 Å². The van der Waals surface area contributed by atoms with Crippen LogP contribution in [0.3, 0.4) is 0 Å². The van der Waals surface area contributed by atoms with E-state index < -0.39 is 21.8 Å². The summed E-state index contributed by atoms with van der Waals surface area (Å²) >= 11 is 0. The molecule has 3 aromatic rings. The van der Waals surface area contributed by atoms with Crippen LogP contribution in [0, 0.1) is 0 Å². The second-order valence-electron chi connectivity index (χ2n) is 6.19. The molecule has 3 aromatic heterocycles. The number of nitrogen functional groups attached to an aromatic ring is 1. The maximum absolute atomic E-state index is 12.8. The van der Waals surface area contributed by atoms with E-state index in [1.54, 1.807) is 0 Å². The van der Waals surface area contributed by atoms with Crippen molar-refractivity contribution in [3.8, 4) is 11.7 Å². The van der Waals surface area contributed by atoms with Crippen LogP contribution in [-0.4, -0.2) is 42.3 Å². The van der Waals surface area contributed by atoms with Crippen molar-refractivity contribution in [2.45, 2.75) is 11.1 Å². The Balaban J connectivity index is 1.94. The normalized spacial score (nSPS) is 11.9. The van der Waals surface area contributed by atoms with Gasteiger partial charge in [0.15, 0.2) is 5.82 Å². The summed E-state index contributed by atoms with van der Waals surface area (Å²) in [6.45, 7) is 0. The monoisotopic (exact) mass is 458 g/mol. The number of anilines is 3. The summed E-state index contributed by atoms with van der Waals surface area (Å²) in [5.41, 5.74) is 4.99. The number of alkyl halides is 3. The molecule has 0 amide bonds. The number of hydrogen-bond acceptors (Lipinski definition) is 9. The Kier molecular flexibility index (Phi) is 5.64. The smallest absolute Gasteiger partial charge is 0.419 e. The summed E-state index contributed by atoms with van der Waals surface area (Å²) in [7, 11) is -1.49. The number of hydrogen-bond donors (Lipinski definition) is 3. The minimum atomic E-state index is -4.57. The first-order valence-corrected chi connectivity index (χ1v) is 9.84. The lowest BCUT2D eigenvalue weighted by atomic mass is 10.3. The number of sulfonamides is 1. The lowest BCUT2D eigenvalue weighted by Gasteiger charge is -2.21. The highest BCUT2D eigenvalue weighted by atomic mass is 32.2. The molecular formula is C16H17F3N8O3S. The van der Waals surface area contributed by atoms with Crippen molar-refractivity contribution in [3.05, 3.63) is 42.5 Å². The molecule has 0 fully saturated rings. The van der Waals surface area contributed by atoms with Crippen molar-refractivity contribution in [1.82, 2.24) is 19.7 Å². The number of hydrazine groups is 1. The van der Waals surface area contributed by atoms with E-state index in [1.165, 1.54) is 26.4 Å². The second kappa shape index (κ2) is 7.92. The molecule has 11 nitrogen and oxygen atoms in total. The van der Waals surface area contributed by atoms with Gasteiger partial charge in [-0.15, -0.1) is 0 Å². The molecule has 166 valence electrons. The highest BCUT2D eigenvalue weighted by Gasteiger charge is 2.32. The SMILES string of the molecule is COc1ncc(N)c(N(C)N)c1NS(=O)(=O)c1ccc(-n2cc(C(F)(F)F)cn2)nc1. The summed E-state index contributed by atoms with van der Waals surface area (Å²) in [5, 5.41) is 4.68. The van der Waals surface area contributed by atoms with Gasteiger partial charge in [-0.3, -0.25) is 4.72 Å². The number of halogens is 3. The van der Waals surface area contributed by atoms with E-state index in [0.717, 1.165) is 28.2 Å². The van der Waals surface area contributed by atoms with Gasteiger partial charge in [-0.05, 0) is 12.1 Å². The molecule has 0 saturated heterocycles. The molecule has 3 rings (SSSR count). The largest absolute Gasteiger partial charge is 0.479 e. The molecule has 15 heteroatoms. The predicted molar refractivity (Wildman–Crippen MR) is 105 cm³/mol. The van der Waals surface area contributed by atoms with Crippen LogP contribution in [0.15, 0.2) is 41.8 Å². The average Bonchev–Trinajstić information content (AvgIpc) is 3.18. The molecule has 31 heavy (non-hydrogen) atoms. The third-order valence-corrected chi connectivity index (χ3v) is 5.34. The minimum absolute atomic E-state index is 0.0139. The van der Waals surface area contributed by atoms with Crippen LogP contribution >= 0.6 is 0 Å². The van der Waals surface area contributed by atoms with Crippen molar-refractivity contribution in [2.24, 2.45) is 5.84 Å². The van der Waals surface area contributed by atoms with Gasteiger partial charge in [0.1, 0.15) is 16.3 Å². The highest BCUT2D eigenvalue weighted by Crippen LogP contribution is 2.38. The van der Waals surface area contributed by atoms with Crippen LogP contribution in [0.4, 0.5) is 30.2 Å². The molecule has 0 bridgehead atoms. The number of pyridine rings is 2. The second-order valence-corrected chi connectivity index (χ2v) is 7.87. The van der Waals surface area contributed by atoms with Crippen LogP contribution in [0.25, 0.3) is 5.82 Å². The predicted octanol–water partition coefficient (Wildman–Crippen LogP) is 1.38. The maximum Gasteiger partial charge on any atom is 0.419 e. The molecule has 3 heterocycles. The van der Waals surface area contributed by atoms with Gasteiger partial charge in [0.2, 0.25) is 5.88 Å². The number of nitrogens with one attached hydrogen (secondary N) is 1. The van der Waals surface area contributed by atoms with Crippen molar-refractivity contribution in [2.75, 3.05) is 29.6 Å². The third kappa shape index (κ3) is 4.46. The van der Waals surface area contributed by atoms with Gasteiger partial charge in [-0.25, -0.2) is 28.9 Å². The topological polar surface area (TPSA) is 154 Å². The summed E-state index contributed by atoms with van der Waals surface area (Å²) in [6.07, 6.45) is -0.973. The Morgan fingerprint density at radius 3 is 2.42 bits per heavy atom. The Hall–Kier alpha value is -3.59. The van der Waals surface area contributed by atoms with Crippen molar-refractivity contribution in [1.29, 1.82) is 0 Å². The standard InChI is InChI=1S/C16H17F3N8O3S/c1-26(21)14-11(20)7-23-15(30-2)13(14)25-31(28,29)10-3-4-12(22-6-10)27-8-9(5-24-27)16(17,18)19/h3-8,25H,20-21H2,1-2H3. The minimum Gasteiger partial charge on any atom is -0.479 e. The molecule has 0 spiro atoms. The van der Waals surface area contributed by atoms with Crippen LogP contribution in [0.1, 0.15) is 5.56 Å². The number of methoxy groups -OCH3 is 1. The molecule has 0 aliphatic carbocycles. The molecule has 0 aliphatic heterocycles. The lowest BCUT2D eigenvalue weighted by Crippen LogP contribution is -2.28. The number of ether oxygens (including phenoxy) is 1. The van der Waals surface area contributed by atoms with E-state index in [1.807, 2.05) is 0 Å². The fraction of sp³-hybridized carbons (Fsp3) is 0.188. The lowest BCUT2D eigenvalue weighted by molar-refractivity contribution is -0.137. The number of nitrogens with zero attached hydrogens (tertiary/aromatic N) is 5. The first-order valence-electron chi connectivity index (χ1n) is 8.36. The number of nitrogens with two attached hydrogens (primary N) is 2. The van der Waals surface area contributed by atoms with Crippen molar-refractivity contribution in [3.63, 3.8) is 0 Å². The Labute approximate surface area is 174 Å². The van der Waals surface area contributed by atoms with Crippen LogP contribution in [0.5, 0.6) is 5.88 Å². The average molecular weight is 458 g/mol. The molecule has 0 atom stereocenters. The van der Waals surface area contributed by atoms with E-state index >= 15 is 0 Å². The van der Waals surface area contributed by atoms with E-state index in [0.29, 0.717) is 6.20 Å². The van der Waals surface area contributed by atoms with E-state index in [4.69, 9.17) is 16.3 Å². The summed E-state index contributed by atoms with van der Waals surface area (Å²) in [6, 6.07) is 2.35. The zero-order chi connectivity index (χ0) is 23.0. The van der Waals surface area contributed by atoms with Gasteiger partial charge in [0.25, 0.3) is 10.0 Å². The van der Waals surface area contributed by atoms with Crippen LogP contribution in [-0.2, 0) is 16.2 Å². The zero-order valence-electron chi connectivity index (χ0n) is 16.1. The molecule has 0 saturated carbocycles. The first-order chi connectivity index (χ1) is 14.4. The van der Waals surface area contributed by atoms with Gasteiger partial charge in [-0.2, -0.15) is 18.3 Å². The molecule has 0 aliphatic rings. The van der Waals surface area contributed by atoms with E-state index in [9.17, 15) is 21.6 Å². The van der Waals surface area contributed by atoms with Gasteiger partial charge < -0.3 is 15.5 Å². The number of rotatable bonds is 6. The van der Waals surface area contributed by atoms with Crippen molar-refractivity contribution < 1.29 is 26.3 Å². The highest BCUT2D eigenvalue weighted by molar-refractivity contribution is 7.92. The number of aromatic nitrogens is 4. The molecule has 0 unspecified atom stereocenters. The van der Waals surface area contributed by atoms with E-state index in [-0.39, 0.29) is 33.7 Å². The fourth-order valence-electron chi connectivity index (χ4n) is 2.58. The van der Waals surface area contributed by atoms with Crippen LogP contribution in [0.2, 0.25) is 0 Å². The fourth-order valence-corrected chi connectivity index (χ4v) is 3.59. The van der Waals surface area contributed by atoms with E-state index in [2.05, 4.69) is 19.8 Å². The quantitative estimate of drug-likeness (QED) is 0.367. The molecule has 0 radical (unpaired) electrons. The van der Waals surface area contributed by atoms with Gasteiger partial charge in [-0.1, -0.05) is 0 Å². The van der Waals surface area contributed by atoms with Gasteiger partial charge in [0.05, 0.1) is 30.8 Å². The van der Waals surface area contributed by atoms with Crippen molar-refractivity contribution >= 4 is 27.1 Å².